The molecule has 1 N–H and O–H groups in total. The van der Waals surface area contributed by atoms with Crippen LogP contribution < -0.4 is 4.74 Å². The van der Waals surface area contributed by atoms with Gasteiger partial charge in [0.25, 0.3) is 0 Å². The van der Waals surface area contributed by atoms with Crippen LogP contribution in [-0.4, -0.2) is 17.7 Å². The predicted molar refractivity (Wildman–Crippen MR) is 70.4 cm³/mol. The molecule has 1 saturated carbocycles. The van der Waals surface area contributed by atoms with Crippen molar-refractivity contribution in [3.05, 3.63) is 29.3 Å². The summed E-state index contributed by atoms with van der Waals surface area (Å²) in [4.78, 5) is 11.0. The molecule has 18 heavy (non-hydrogen) atoms. The van der Waals surface area contributed by atoms with E-state index in [1.54, 1.807) is 12.1 Å². The predicted octanol–water partition coefficient (Wildman–Crippen LogP) is 3.83. The van der Waals surface area contributed by atoms with Gasteiger partial charge in [0, 0.05) is 0 Å². The number of carboxylic acid groups (broad SMARTS) is 1. The minimum atomic E-state index is -0.897. The zero-order valence-electron chi connectivity index (χ0n) is 10.8. The quantitative estimate of drug-likeness (QED) is 0.880. The molecule has 98 valence electrons. The Morgan fingerprint density at radius 3 is 2.67 bits per heavy atom. The number of aromatic carboxylic acids is 1. The molecule has 0 radical (unpaired) electrons. The highest BCUT2D eigenvalue weighted by atomic mass is 16.5. The molecule has 0 spiro atoms. The molecule has 1 aromatic carbocycles. The summed E-state index contributed by atoms with van der Waals surface area (Å²) in [6, 6.07) is 5.29. The first-order valence-electron chi connectivity index (χ1n) is 6.72. The Kier molecular flexibility index (Phi) is 4.24. The number of carbonyl (C=O) groups is 1. The number of hydrogen-bond donors (Lipinski definition) is 1. The van der Waals surface area contributed by atoms with Crippen molar-refractivity contribution in [2.45, 2.75) is 44.9 Å². The van der Waals surface area contributed by atoms with Gasteiger partial charge >= 0.3 is 5.97 Å². The molecule has 0 bridgehead atoms. The highest BCUT2D eigenvalue weighted by Gasteiger charge is 2.20. The number of rotatable bonds is 4. The molecule has 1 fully saturated rings. The summed E-state index contributed by atoms with van der Waals surface area (Å²) in [7, 11) is 0. The summed E-state index contributed by atoms with van der Waals surface area (Å²) < 4.78 is 5.62. The van der Waals surface area contributed by atoms with Crippen molar-refractivity contribution in [2.75, 3.05) is 6.61 Å². The molecule has 0 unspecified atom stereocenters. The standard InChI is InChI=1S/C15H20O3/c1-2-18-14-10-12(15(16)17)8-9-13(14)11-6-4-3-5-7-11/h8-11H,2-7H2,1H3,(H,16,17). The van der Waals surface area contributed by atoms with Crippen molar-refractivity contribution in [2.24, 2.45) is 0 Å². The van der Waals surface area contributed by atoms with Gasteiger partial charge in [-0.15, -0.1) is 0 Å². The van der Waals surface area contributed by atoms with Gasteiger partial charge < -0.3 is 9.84 Å². The monoisotopic (exact) mass is 248 g/mol. The van der Waals surface area contributed by atoms with Crippen LogP contribution in [0.5, 0.6) is 5.75 Å². The number of ether oxygens (including phenoxy) is 1. The maximum absolute atomic E-state index is 11.0. The highest BCUT2D eigenvalue weighted by molar-refractivity contribution is 5.88. The van der Waals surface area contributed by atoms with Crippen LogP contribution in [-0.2, 0) is 0 Å². The van der Waals surface area contributed by atoms with Crippen molar-refractivity contribution in [3.63, 3.8) is 0 Å². The molecule has 0 aromatic heterocycles. The Hall–Kier alpha value is -1.51. The largest absolute Gasteiger partial charge is 0.494 e. The van der Waals surface area contributed by atoms with Crippen LogP contribution in [0.3, 0.4) is 0 Å². The summed E-state index contributed by atoms with van der Waals surface area (Å²) in [6.45, 7) is 2.50. The minimum Gasteiger partial charge on any atom is -0.494 e. The summed E-state index contributed by atoms with van der Waals surface area (Å²) in [6.07, 6.45) is 6.21. The molecule has 1 aliphatic rings. The highest BCUT2D eigenvalue weighted by Crippen LogP contribution is 2.37. The molecule has 0 aliphatic heterocycles. The van der Waals surface area contributed by atoms with Crippen molar-refractivity contribution in [3.8, 4) is 5.75 Å². The lowest BCUT2D eigenvalue weighted by Gasteiger charge is -2.24. The van der Waals surface area contributed by atoms with E-state index in [4.69, 9.17) is 9.84 Å². The lowest BCUT2D eigenvalue weighted by molar-refractivity contribution is 0.0696. The first kappa shape index (κ1) is 12.9. The molecule has 0 heterocycles. The third-order valence-corrected chi connectivity index (χ3v) is 3.61. The average molecular weight is 248 g/mol. The Morgan fingerprint density at radius 2 is 2.06 bits per heavy atom. The minimum absolute atomic E-state index is 0.304. The first-order valence-corrected chi connectivity index (χ1v) is 6.72. The second-order valence-electron chi connectivity index (χ2n) is 4.83. The second kappa shape index (κ2) is 5.89. The summed E-state index contributed by atoms with van der Waals surface area (Å²) >= 11 is 0. The maximum atomic E-state index is 11.0. The molecule has 0 saturated heterocycles. The van der Waals surface area contributed by atoms with Crippen molar-refractivity contribution < 1.29 is 14.6 Å². The van der Waals surface area contributed by atoms with Crippen molar-refractivity contribution in [1.29, 1.82) is 0 Å². The van der Waals surface area contributed by atoms with Gasteiger partial charge in [0.05, 0.1) is 12.2 Å². The zero-order valence-corrected chi connectivity index (χ0v) is 10.8. The fraction of sp³-hybridized carbons (Fsp3) is 0.533. The summed E-state index contributed by atoms with van der Waals surface area (Å²) in [5.74, 6) is 0.388. The first-order chi connectivity index (χ1) is 8.72. The van der Waals surface area contributed by atoms with E-state index in [0.717, 1.165) is 5.75 Å². The van der Waals surface area contributed by atoms with Gasteiger partial charge in [0.2, 0.25) is 0 Å². The van der Waals surface area contributed by atoms with Gasteiger partial charge in [-0.3, -0.25) is 0 Å². The van der Waals surface area contributed by atoms with E-state index in [-0.39, 0.29) is 0 Å². The smallest absolute Gasteiger partial charge is 0.335 e. The molecule has 3 nitrogen and oxygen atoms in total. The SMILES string of the molecule is CCOc1cc(C(=O)O)ccc1C1CCCCC1. The van der Waals surface area contributed by atoms with Gasteiger partial charge in [0.1, 0.15) is 5.75 Å². The normalized spacial score (nSPS) is 16.5. The van der Waals surface area contributed by atoms with Crippen LogP contribution in [0.2, 0.25) is 0 Å². The Balaban J connectivity index is 2.29. The molecule has 3 heteroatoms. The van der Waals surface area contributed by atoms with E-state index < -0.39 is 5.97 Å². The van der Waals surface area contributed by atoms with Gasteiger partial charge in [-0.1, -0.05) is 25.3 Å². The van der Waals surface area contributed by atoms with Gasteiger partial charge in [-0.05, 0) is 43.4 Å². The van der Waals surface area contributed by atoms with Crippen LogP contribution in [0.1, 0.15) is 60.9 Å². The summed E-state index contributed by atoms with van der Waals surface area (Å²) in [5.41, 5.74) is 1.49. The van der Waals surface area contributed by atoms with Gasteiger partial charge in [-0.25, -0.2) is 4.79 Å². The van der Waals surface area contributed by atoms with Crippen LogP contribution >= 0.6 is 0 Å². The molecule has 1 aromatic rings. The average Bonchev–Trinajstić information content (AvgIpc) is 2.40. The number of carboxylic acids is 1. The molecular formula is C15H20O3. The van der Waals surface area contributed by atoms with E-state index >= 15 is 0 Å². The van der Waals surface area contributed by atoms with Crippen molar-refractivity contribution in [1.82, 2.24) is 0 Å². The topological polar surface area (TPSA) is 46.5 Å². The van der Waals surface area contributed by atoms with Crippen molar-refractivity contribution >= 4 is 5.97 Å². The van der Waals surface area contributed by atoms with E-state index in [2.05, 4.69) is 0 Å². The van der Waals surface area contributed by atoms with E-state index in [0.29, 0.717) is 18.1 Å². The fourth-order valence-corrected chi connectivity index (χ4v) is 2.70. The van der Waals surface area contributed by atoms with Crippen LogP contribution in [0, 0.1) is 0 Å². The van der Waals surface area contributed by atoms with Gasteiger partial charge in [-0.2, -0.15) is 0 Å². The Bertz CT molecular complexity index is 420. The second-order valence-corrected chi connectivity index (χ2v) is 4.83. The summed E-state index contributed by atoms with van der Waals surface area (Å²) in [5, 5.41) is 9.02. The maximum Gasteiger partial charge on any atom is 0.335 e. The van der Waals surface area contributed by atoms with Crippen LogP contribution in [0.4, 0.5) is 0 Å². The van der Waals surface area contributed by atoms with Crippen LogP contribution in [0.15, 0.2) is 18.2 Å². The van der Waals surface area contributed by atoms with Gasteiger partial charge in [0.15, 0.2) is 0 Å². The fourth-order valence-electron chi connectivity index (χ4n) is 2.70. The Labute approximate surface area is 108 Å². The third kappa shape index (κ3) is 2.84. The number of benzene rings is 1. The molecular weight excluding hydrogens is 228 g/mol. The van der Waals surface area contributed by atoms with Crippen LogP contribution in [0.25, 0.3) is 0 Å². The third-order valence-electron chi connectivity index (χ3n) is 3.61. The van der Waals surface area contributed by atoms with E-state index in [1.807, 2.05) is 13.0 Å². The molecule has 1 aliphatic carbocycles. The van der Waals surface area contributed by atoms with E-state index in [1.165, 1.54) is 37.7 Å². The zero-order chi connectivity index (χ0) is 13.0. The molecule has 0 amide bonds. The lowest BCUT2D eigenvalue weighted by atomic mass is 9.83. The molecule has 0 atom stereocenters. The van der Waals surface area contributed by atoms with E-state index in [9.17, 15) is 4.79 Å². The number of hydrogen-bond acceptors (Lipinski definition) is 2. The molecule has 2 rings (SSSR count). The Morgan fingerprint density at radius 1 is 1.33 bits per heavy atom. The lowest BCUT2D eigenvalue weighted by Crippen LogP contribution is -2.08.